The van der Waals surface area contributed by atoms with Crippen LogP contribution in [0.25, 0.3) is 11.5 Å². The van der Waals surface area contributed by atoms with Gasteiger partial charge in [-0.25, -0.2) is 15.8 Å². The third-order valence-electron chi connectivity index (χ3n) is 3.79. The molecule has 0 bridgehead atoms. The highest BCUT2D eigenvalue weighted by Crippen LogP contribution is 2.27. The molecule has 2 aromatic rings. The molecule has 0 fully saturated rings. The first-order valence-electron chi connectivity index (χ1n) is 7.08. The van der Waals surface area contributed by atoms with E-state index in [0.717, 1.165) is 35.6 Å². The van der Waals surface area contributed by atoms with E-state index >= 15 is 0 Å². The molecule has 0 spiro atoms. The number of nitrogen functional groups attached to an aromatic ring is 1. The summed E-state index contributed by atoms with van der Waals surface area (Å²) in [6, 6.07) is 3.94. The summed E-state index contributed by atoms with van der Waals surface area (Å²) in [5.41, 5.74) is 6.92. The summed E-state index contributed by atoms with van der Waals surface area (Å²) in [6.07, 6.45) is 7.34. The minimum Gasteiger partial charge on any atom is -0.308 e. The number of nitrogens with two attached hydrogens (primary N) is 1. The fourth-order valence-corrected chi connectivity index (χ4v) is 2.72. The number of nitrogens with zero attached hydrogens (tertiary/aromatic N) is 3. The minimum atomic E-state index is 0.664. The van der Waals surface area contributed by atoms with Gasteiger partial charge in [-0.1, -0.05) is 12.5 Å². The van der Waals surface area contributed by atoms with Crippen LogP contribution in [0.2, 0.25) is 0 Å². The Morgan fingerprint density at radius 1 is 1.15 bits per heavy atom. The van der Waals surface area contributed by atoms with Crippen LogP contribution in [-0.2, 0) is 12.8 Å². The number of hydrogen-bond donors (Lipinski definition) is 2. The number of fused-ring (bicyclic) bond motifs is 1. The lowest BCUT2D eigenvalue weighted by atomic mass is 10.1. The Bertz CT molecular complexity index is 624. The van der Waals surface area contributed by atoms with Crippen molar-refractivity contribution in [3.63, 3.8) is 0 Å². The van der Waals surface area contributed by atoms with Crippen molar-refractivity contribution in [1.82, 2.24) is 15.0 Å². The van der Waals surface area contributed by atoms with E-state index in [-0.39, 0.29) is 0 Å². The van der Waals surface area contributed by atoms with E-state index in [1.807, 2.05) is 19.1 Å². The van der Waals surface area contributed by atoms with Crippen molar-refractivity contribution in [2.75, 3.05) is 5.43 Å². The fraction of sp³-hybridized carbons (Fsp3) is 0.400. The first-order chi connectivity index (χ1) is 9.79. The Labute approximate surface area is 118 Å². The van der Waals surface area contributed by atoms with Crippen LogP contribution >= 0.6 is 0 Å². The number of hydrogen-bond acceptors (Lipinski definition) is 5. The largest absolute Gasteiger partial charge is 0.308 e. The molecular formula is C15H19N5. The quantitative estimate of drug-likeness (QED) is 0.497. The summed E-state index contributed by atoms with van der Waals surface area (Å²) in [4.78, 5) is 13.7. The summed E-state index contributed by atoms with van der Waals surface area (Å²) < 4.78 is 0. The Kier molecular flexibility index (Phi) is 3.60. The topological polar surface area (TPSA) is 76.7 Å². The van der Waals surface area contributed by atoms with Gasteiger partial charge in [0.2, 0.25) is 0 Å². The predicted octanol–water partition coefficient (Wildman–Crippen LogP) is 2.40. The lowest BCUT2D eigenvalue weighted by Gasteiger charge is -2.13. The number of anilines is 1. The van der Waals surface area contributed by atoms with Gasteiger partial charge in [0.25, 0.3) is 0 Å². The van der Waals surface area contributed by atoms with Gasteiger partial charge < -0.3 is 5.43 Å². The van der Waals surface area contributed by atoms with Crippen molar-refractivity contribution in [3.05, 3.63) is 35.2 Å². The molecule has 3 rings (SSSR count). The molecule has 1 aliphatic carbocycles. The van der Waals surface area contributed by atoms with Gasteiger partial charge in [0, 0.05) is 17.5 Å². The summed E-state index contributed by atoms with van der Waals surface area (Å²) in [5.74, 6) is 7.06. The molecule has 2 aromatic heterocycles. The van der Waals surface area contributed by atoms with Gasteiger partial charge in [0.1, 0.15) is 11.5 Å². The number of pyridine rings is 1. The molecule has 1 aliphatic rings. The van der Waals surface area contributed by atoms with E-state index in [4.69, 9.17) is 10.8 Å². The summed E-state index contributed by atoms with van der Waals surface area (Å²) >= 11 is 0. The molecule has 0 radical (unpaired) electrons. The van der Waals surface area contributed by atoms with Crippen molar-refractivity contribution >= 4 is 5.82 Å². The van der Waals surface area contributed by atoms with Gasteiger partial charge in [-0.3, -0.25) is 4.98 Å². The van der Waals surface area contributed by atoms with Gasteiger partial charge in [0.05, 0.1) is 0 Å². The average Bonchev–Trinajstić information content (AvgIpc) is 2.72. The average molecular weight is 269 g/mol. The lowest BCUT2D eigenvalue weighted by Crippen LogP contribution is -2.14. The second kappa shape index (κ2) is 5.54. The van der Waals surface area contributed by atoms with E-state index in [1.165, 1.54) is 24.8 Å². The fourth-order valence-electron chi connectivity index (χ4n) is 2.72. The summed E-state index contributed by atoms with van der Waals surface area (Å²) in [6.45, 7) is 2.02. The third kappa shape index (κ3) is 2.36. The smallest absolute Gasteiger partial charge is 0.180 e. The normalized spacial score (nSPS) is 14.5. The standard InChI is InChI=1S/C15H19N5/c1-10-6-5-9-17-13(10)15-18-12-8-4-2-3-7-11(12)14(19-15)20-16/h5-6,9H,2-4,7-8,16H2,1H3,(H,18,19,20). The molecular weight excluding hydrogens is 250 g/mol. The maximum atomic E-state index is 5.65. The van der Waals surface area contributed by atoms with E-state index in [1.54, 1.807) is 6.20 Å². The van der Waals surface area contributed by atoms with Crippen LogP contribution in [0.3, 0.4) is 0 Å². The second-order valence-corrected chi connectivity index (χ2v) is 5.19. The summed E-state index contributed by atoms with van der Waals surface area (Å²) in [5, 5.41) is 0. The van der Waals surface area contributed by atoms with Crippen LogP contribution in [0.5, 0.6) is 0 Å². The van der Waals surface area contributed by atoms with Crippen LogP contribution in [-0.4, -0.2) is 15.0 Å². The van der Waals surface area contributed by atoms with E-state index in [2.05, 4.69) is 15.4 Å². The van der Waals surface area contributed by atoms with Crippen LogP contribution in [0, 0.1) is 6.92 Å². The van der Waals surface area contributed by atoms with Gasteiger partial charge >= 0.3 is 0 Å². The molecule has 0 unspecified atom stereocenters. The number of nitrogens with one attached hydrogen (secondary N) is 1. The maximum Gasteiger partial charge on any atom is 0.180 e. The molecule has 0 saturated carbocycles. The monoisotopic (exact) mass is 269 g/mol. The van der Waals surface area contributed by atoms with Crippen molar-refractivity contribution < 1.29 is 0 Å². The van der Waals surface area contributed by atoms with Crippen molar-refractivity contribution in [3.8, 4) is 11.5 Å². The van der Waals surface area contributed by atoms with Crippen LogP contribution < -0.4 is 11.3 Å². The molecule has 0 aliphatic heterocycles. The molecule has 0 aromatic carbocycles. The van der Waals surface area contributed by atoms with E-state index in [0.29, 0.717) is 5.82 Å². The second-order valence-electron chi connectivity index (χ2n) is 5.19. The highest BCUT2D eigenvalue weighted by Gasteiger charge is 2.18. The highest BCUT2D eigenvalue weighted by atomic mass is 15.3. The summed E-state index contributed by atoms with van der Waals surface area (Å²) in [7, 11) is 0. The zero-order chi connectivity index (χ0) is 13.9. The van der Waals surface area contributed by atoms with Crippen molar-refractivity contribution in [2.24, 2.45) is 5.84 Å². The zero-order valence-electron chi connectivity index (χ0n) is 11.7. The van der Waals surface area contributed by atoms with Gasteiger partial charge in [-0.05, 0) is 44.2 Å². The highest BCUT2D eigenvalue weighted by molar-refractivity contribution is 5.59. The Morgan fingerprint density at radius 2 is 2.00 bits per heavy atom. The van der Waals surface area contributed by atoms with E-state index in [9.17, 15) is 0 Å². The molecule has 0 saturated heterocycles. The van der Waals surface area contributed by atoms with E-state index < -0.39 is 0 Å². The van der Waals surface area contributed by atoms with Crippen molar-refractivity contribution in [1.29, 1.82) is 0 Å². The minimum absolute atomic E-state index is 0.664. The maximum absolute atomic E-state index is 5.65. The lowest BCUT2D eigenvalue weighted by molar-refractivity contribution is 0.709. The molecule has 104 valence electrons. The molecule has 0 atom stereocenters. The van der Waals surface area contributed by atoms with Crippen molar-refractivity contribution in [2.45, 2.75) is 39.0 Å². The first-order valence-corrected chi connectivity index (χ1v) is 7.08. The zero-order valence-corrected chi connectivity index (χ0v) is 11.7. The first kappa shape index (κ1) is 13.0. The SMILES string of the molecule is Cc1cccnc1-c1nc2c(c(NN)n1)CCCCC2. The molecule has 20 heavy (non-hydrogen) atoms. The Hall–Kier alpha value is -2.01. The molecule has 5 nitrogen and oxygen atoms in total. The van der Waals surface area contributed by atoms with Gasteiger partial charge in [-0.2, -0.15) is 0 Å². The predicted molar refractivity (Wildman–Crippen MR) is 79.1 cm³/mol. The van der Waals surface area contributed by atoms with Crippen LogP contribution in [0.15, 0.2) is 18.3 Å². The van der Waals surface area contributed by atoms with Gasteiger partial charge in [0.15, 0.2) is 5.82 Å². The number of aromatic nitrogens is 3. The number of aryl methyl sites for hydroxylation is 2. The van der Waals surface area contributed by atoms with Gasteiger partial charge in [-0.15, -0.1) is 0 Å². The number of rotatable bonds is 2. The van der Waals surface area contributed by atoms with Crippen LogP contribution in [0.4, 0.5) is 5.82 Å². The Balaban J connectivity index is 2.14. The number of hydrazine groups is 1. The molecule has 2 heterocycles. The molecule has 3 N–H and O–H groups in total. The molecule has 0 amide bonds. The molecule has 5 heteroatoms. The third-order valence-corrected chi connectivity index (χ3v) is 3.79. The van der Waals surface area contributed by atoms with Crippen LogP contribution in [0.1, 0.15) is 36.1 Å². The Morgan fingerprint density at radius 3 is 2.80 bits per heavy atom.